The van der Waals surface area contributed by atoms with Crippen molar-refractivity contribution in [1.29, 1.82) is 5.26 Å². The summed E-state index contributed by atoms with van der Waals surface area (Å²) in [5.74, 6) is 0.318. The number of carbonyl (C=O) groups excluding carboxylic acids is 1. The Labute approximate surface area is 78.1 Å². The third-order valence-corrected chi connectivity index (χ3v) is 3.28. The van der Waals surface area contributed by atoms with Crippen molar-refractivity contribution in [3.05, 3.63) is 0 Å². The third-order valence-electron chi connectivity index (χ3n) is 3.28. The summed E-state index contributed by atoms with van der Waals surface area (Å²) in [6.07, 6.45) is 3.76. The largest absolute Gasteiger partial charge is 0.352 e. The normalized spacial score (nSPS) is 38.5. The Morgan fingerprint density at radius 1 is 1.69 bits per heavy atom. The van der Waals surface area contributed by atoms with Crippen molar-refractivity contribution >= 4 is 5.91 Å². The first-order valence-electron chi connectivity index (χ1n) is 4.95. The molecule has 0 aromatic rings. The number of nitriles is 1. The van der Waals surface area contributed by atoms with Crippen LogP contribution in [0.4, 0.5) is 0 Å². The molecule has 1 heterocycles. The first-order valence-corrected chi connectivity index (χ1v) is 4.95. The monoisotopic (exact) mass is 178 g/mol. The van der Waals surface area contributed by atoms with Gasteiger partial charge in [-0.3, -0.25) is 4.79 Å². The summed E-state index contributed by atoms with van der Waals surface area (Å²) in [7, 11) is 0. The van der Waals surface area contributed by atoms with Crippen LogP contribution in [-0.4, -0.2) is 11.9 Å². The lowest BCUT2D eigenvalue weighted by Gasteiger charge is -2.15. The number of amides is 1. The molecule has 3 heteroatoms. The summed E-state index contributed by atoms with van der Waals surface area (Å²) in [5.41, 5.74) is -0.666. The van der Waals surface area contributed by atoms with Gasteiger partial charge in [0.1, 0.15) is 5.41 Å². The molecule has 0 bridgehead atoms. The Kier molecular flexibility index (Phi) is 1.80. The minimum atomic E-state index is -0.666. The first-order chi connectivity index (χ1) is 6.23. The standard InChI is InChI=1S/C10H14N2O/c1-2-8-5-10(6-11,7-3-4-7)9(13)12-8/h7-8H,2-5H2,1H3,(H,12,13)/t8?,10-/m1/s1. The molecule has 2 aliphatic rings. The molecule has 0 aromatic heterocycles. The van der Waals surface area contributed by atoms with E-state index in [0.29, 0.717) is 5.92 Å². The molecule has 3 nitrogen and oxygen atoms in total. The molecule has 1 saturated heterocycles. The zero-order valence-corrected chi connectivity index (χ0v) is 7.84. The van der Waals surface area contributed by atoms with Crippen molar-refractivity contribution in [2.75, 3.05) is 0 Å². The van der Waals surface area contributed by atoms with Crippen LogP contribution in [0.5, 0.6) is 0 Å². The van der Waals surface area contributed by atoms with Gasteiger partial charge >= 0.3 is 0 Å². The van der Waals surface area contributed by atoms with Crippen molar-refractivity contribution in [1.82, 2.24) is 5.32 Å². The minimum absolute atomic E-state index is 0.0237. The van der Waals surface area contributed by atoms with Gasteiger partial charge in [0, 0.05) is 6.04 Å². The molecule has 0 spiro atoms. The fourth-order valence-corrected chi connectivity index (χ4v) is 2.21. The summed E-state index contributed by atoms with van der Waals surface area (Å²) in [4.78, 5) is 11.6. The molecule has 1 aliphatic carbocycles. The van der Waals surface area contributed by atoms with E-state index in [-0.39, 0.29) is 11.9 Å². The van der Waals surface area contributed by atoms with E-state index in [4.69, 9.17) is 5.26 Å². The second kappa shape index (κ2) is 2.73. The van der Waals surface area contributed by atoms with E-state index in [1.54, 1.807) is 0 Å². The number of carbonyl (C=O) groups is 1. The van der Waals surface area contributed by atoms with Gasteiger partial charge in [-0.2, -0.15) is 5.26 Å². The molecule has 1 amide bonds. The molecule has 1 N–H and O–H groups in total. The van der Waals surface area contributed by atoms with Crippen LogP contribution in [0.3, 0.4) is 0 Å². The van der Waals surface area contributed by atoms with Crippen molar-refractivity contribution in [2.24, 2.45) is 11.3 Å². The van der Waals surface area contributed by atoms with Crippen LogP contribution in [0, 0.1) is 22.7 Å². The van der Waals surface area contributed by atoms with Crippen LogP contribution in [0.25, 0.3) is 0 Å². The minimum Gasteiger partial charge on any atom is -0.352 e. The van der Waals surface area contributed by atoms with Gasteiger partial charge in [-0.05, 0) is 31.6 Å². The summed E-state index contributed by atoms with van der Waals surface area (Å²) in [6, 6.07) is 2.47. The fraction of sp³-hybridized carbons (Fsp3) is 0.800. The molecule has 1 aliphatic heterocycles. The van der Waals surface area contributed by atoms with Crippen molar-refractivity contribution in [3.63, 3.8) is 0 Å². The number of hydrogen-bond donors (Lipinski definition) is 1. The van der Waals surface area contributed by atoms with E-state index in [2.05, 4.69) is 11.4 Å². The predicted octanol–water partition coefficient (Wildman–Crippen LogP) is 1.20. The maximum absolute atomic E-state index is 11.6. The molecule has 2 fully saturated rings. The molecule has 2 atom stereocenters. The van der Waals surface area contributed by atoms with E-state index in [9.17, 15) is 4.79 Å². The van der Waals surface area contributed by atoms with Crippen LogP contribution in [-0.2, 0) is 4.79 Å². The Morgan fingerprint density at radius 2 is 2.38 bits per heavy atom. The van der Waals surface area contributed by atoms with Gasteiger partial charge in [-0.15, -0.1) is 0 Å². The van der Waals surface area contributed by atoms with Crippen molar-refractivity contribution < 1.29 is 4.79 Å². The Bertz CT molecular complexity index is 277. The zero-order chi connectivity index (χ0) is 9.47. The molecule has 0 aromatic carbocycles. The number of hydrogen-bond acceptors (Lipinski definition) is 2. The van der Waals surface area contributed by atoms with Crippen LogP contribution in [0.2, 0.25) is 0 Å². The number of rotatable bonds is 2. The highest BCUT2D eigenvalue weighted by atomic mass is 16.2. The predicted molar refractivity (Wildman–Crippen MR) is 47.6 cm³/mol. The molecule has 13 heavy (non-hydrogen) atoms. The molecular formula is C10H14N2O. The molecule has 2 rings (SSSR count). The van der Waals surface area contributed by atoms with Gasteiger partial charge in [0.15, 0.2) is 0 Å². The van der Waals surface area contributed by atoms with Gasteiger partial charge in [0.25, 0.3) is 0 Å². The molecule has 1 saturated carbocycles. The van der Waals surface area contributed by atoms with Gasteiger partial charge in [-0.1, -0.05) is 6.92 Å². The second-order valence-electron chi connectivity index (χ2n) is 4.14. The maximum atomic E-state index is 11.6. The number of nitrogens with zero attached hydrogens (tertiary/aromatic N) is 1. The average molecular weight is 178 g/mol. The van der Waals surface area contributed by atoms with E-state index >= 15 is 0 Å². The average Bonchev–Trinajstić information content (AvgIpc) is 2.92. The topological polar surface area (TPSA) is 52.9 Å². The molecule has 70 valence electrons. The Morgan fingerprint density at radius 3 is 2.77 bits per heavy atom. The smallest absolute Gasteiger partial charge is 0.241 e. The lowest BCUT2D eigenvalue weighted by Crippen LogP contribution is -2.32. The van der Waals surface area contributed by atoms with Crippen LogP contribution in [0.15, 0.2) is 0 Å². The molecule has 1 unspecified atom stereocenters. The highest BCUT2D eigenvalue weighted by Gasteiger charge is 2.56. The van der Waals surface area contributed by atoms with E-state index < -0.39 is 5.41 Å². The van der Waals surface area contributed by atoms with Gasteiger partial charge in [-0.25, -0.2) is 0 Å². The summed E-state index contributed by atoms with van der Waals surface area (Å²) < 4.78 is 0. The quantitative estimate of drug-likeness (QED) is 0.690. The fourth-order valence-electron chi connectivity index (χ4n) is 2.21. The van der Waals surface area contributed by atoms with Crippen molar-refractivity contribution in [2.45, 2.75) is 38.6 Å². The van der Waals surface area contributed by atoms with E-state index in [1.807, 2.05) is 6.92 Å². The van der Waals surface area contributed by atoms with E-state index in [1.165, 1.54) is 0 Å². The number of nitrogens with one attached hydrogen (secondary N) is 1. The Balaban J connectivity index is 2.21. The highest BCUT2D eigenvalue weighted by molar-refractivity contribution is 5.88. The van der Waals surface area contributed by atoms with Crippen LogP contribution >= 0.6 is 0 Å². The molecular weight excluding hydrogens is 164 g/mol. The van der Waals surface area contributed by atoms with Gasteiger partial charge in [0.05, 0.1) is 6.07 Å². The van der Waals surface area contributed by atoms with Crippen LogP contribution in [0.1, 0.15) is 32.6 Å². The Hall–Kier alpha value is -1.04. The van der Waals surface area contributed by atoms with E-state index in [0.717, 1.165) is 25.7 Å². The zero-order valence-electron chi connectivity index (χ0n) is 7.84. The van der Waals surface area contributed by atoms with Crippen LogP contribution < -0.4 is 5.32 Å². The van der Waals surface area contributed by atoms with Gasteiger partial charge in [0.2, 0.25) is 5.91 Å². The summed E-state index contributed by atoms with van der Waals surface area (Å²) in [5, 5.41) is 12.0. The van der Waals surface area contributed by atoms with Crippen molar-refractivity contribution in [3.8, 4) is 6.07 Å². The maximum Gasteiger partial charge on any atom is 0.241 e. The van der Waals surface area contributed by atoms with Gasteiger partial charge < -0.3 is 5.32 Å². The first kappa shape index (κ1) is 8.55. The lowest BCUT2D eigenvalue weighted by molar-refractivity contribution is -0.126. The highest BCUT2D eigenvalue weighted by Crippen LogP contribution is 2.50. The third kappa shape index (κ3) is 1.13. The second-order valence-corrected chi connectivity index (χ2v) is 4.14. The lowest BCUT2D eigenvalue weighted by atomic mass is 9.81. The SMILES string of the molecule is CCC1C[C@@](C#N)(C2CC2)C(=O)N1. The summed E-state index contributed by atoms with van der Waals surface area (Å²) >= 11 is 0. The molecule has 0 radical (unpaired) electrons. The summed E-state index contributed by atoms with van der Waals surface area (Å²) in [6.45, 7) is 2.05.